The number of amides is 1. The minimum atomic E-state index is -3.62. The van der Waals surface area contributed by atoms with Crippen LogP contribution in [0, 0.1) is 18.8 Å². The van der Waals surface area contributed by atoms with Crippen molar-refractivity contribution in [2.75, 3.05) is 0 Å². The van der Waals surface area contributed by atoms with E-state index in [2.05, 4.69) is 24.3 Å². The zero-order valence-corrected chi connectivity index (χ0v) is 15.0. The molecule has 1 aliphatic rings. The first-order valence-corrected chi connectivity index (χ1v) is 9.86. The topological polar surface area (TPSA) is 89.3 Å². The minimum absolute atomic E-state index is 0.0539. The van der Waals surface area contributed by atoms with Crippen molar-refractivity contribution in [2.45, 2.75) is 64.0 Å². The second kappa shape index (κ2) is 7.03. The van der Waals surface area contributed by atoms with E-state index in [9.17, 15) is 13.2 Å². The Morgan fingerprint density at radius 2 is 2.13 bits per heavy atom. The van der Waals surface area contributed by atoms with E-state index in [1.807, 2.05) is 0 Å². The molecule has 1 heterocycles. The molecule has 0 aliphatic heterocycles. The van der Waals surface area contributed by atoms with Crippen LogP contribution in [0.3, 0.4) is 0 Å². The average Bonchev–Trinajstić information content (AvgIpc) is 2.87. The quantitative estimate of drug-likeness (QED) is 0.886. The van der Waals surface area contributed by atoms with Gasteiger partial charge in [-0.2, -0.15) is 0 Å². The zero-order chi connectivity index (χ0) is 17.2. The molecule has 1 aromatic rings. The number of sulfone groups is 1. The number of hydrogen-bond acceptors (Lipinski definition) is 5. The Labute approximate surface area is 137 Å². The molecular formula is C16H26N2O4S. The fourth-order valence-corrected chi connectivity index (χ4v) is 4.26. The molecule has 1 saturated carbocycles. The molecule has 0 radical (unpaired) electrons. The first-order valence-electron chi connectivity index (χ1n) is 8.15. The third-order valence-electron chi connectivity index (χ3n) is 4.97. The fourth-order valence-electron chi connectivity index (χ4n) is 3.07. The van der Waals surface area contributed by atoms with E-state index >= 15 is 0 Å². The van der Waals surface area contributed by atoms with Crippen LogP contribution in [0.15, 0.2) is 10.6 Å². The highest BCUT2D eigenvalue weighted by Crippen LogP contribution is 2.29. The number of carbonyl (C=O) groups excluding carboxylic acids is 1. The zero-order valence-electron chi connectivity index (χ0n) is 14.2. The van der Waals surface area contributed by atoms with E-state index in [0.717, 1.165) is 19.3 Å². The van der Waals surface area contributed by atoms with Crippen molar-refractivity contribution in [2.24, 2.45) is 11.8 Å². The highest BCUT2D eigenvalue weighted by atomic mass is 32.2. The lowest BCUT2D eigenvalue weighted by Crippen LogP contribution is -2.48. The lowest BCUT2D eigenvalue weighted by molar-refractivity contribution is -0.121. The van der Waals surface area contributed by atoms with Crippen molar-refractivity contribution in [3.05, 3.63) is 17.5 Å². The minimum Gasteiger partial charge on any atom is -0.361 e. The number of rotatable bonds is 5. The number of aromatic nitrogens is 1. The van der Waals surface area contributed by atoms with Gasteiger partial charge in [0.05, 0.1) is 11.4 Å². The third-order valence-corrected chi connectivity index (χ3v) is 6.96. The summed E-state index contributed by atoms with van der Waals surface area (Å²) in [6.07, 6.45) is 3.13. The second-order valence-corrected chi connectivity index (χ2v) is 9.08. The van der Waals surface area contributed by atoms with E-state index in [1.165, 1.54) is 6.92 Å². The van der Waals surface area contributed by atoms with Gasteiger partial charge in [-0.25, -0.2) is 8.42 Å². The summed E-state index contributed by atoms with van der Waals surface area (Å²) in [5.41, 5.74) is 0.335. The molecule has 4 atom stereocenters. The summed E-state index contributed by atoms with van der Waals surface area (Å²) in [6, 6.07) is 1.63. The molecule has 23 heavy (non-hydrogen) atoms. The predicted octanol–water partition coefficient (Wildman–Crippen LogP) is 2.23. The molecule has 6 nitrogen and oxygen atoms in total. The van der Waals surface area contributed by atoms with E-state index < -0.39 is 21.0 Å². The Bertz CT molecular complexity index is 653. The molecule has 0 spiro atoms. The van der Waals surface area contributed by atoms with E-state index in [0.29, 0.717) is 23.3 Å². The van der Waals surface area contributed by atoms with Crippen LogP contribution in [0.4, 0.5) is 0 Å². The van der Waals surface area contributed by atoms with Crippen molar-refractivity contribution in [3.63, 3.8) is 0 Å². The summed E-state index contributed by atoms with van der Waals surface area (Å²) < 4.78 is 29.7. The molecule has 7 heteroatoms. The lowest BCUT2D eigenvalue weighted by atomic mass is 9.78. The number of aryl methyl sites for hydroxylation is 1. The highest BCUT2D eigenvalue weighted by Gasteiger charge is 2.33. The van der Waals surface area contributed by atoms with Crippen LogP contribution in [0.1, 0.15) is 51.5 Å². The van der Waals surface area contributed by atoms with Crippen LogP contribution in [0.5, 0.6) is 0 Å². The number of nitrogens with one attached hydrogen (secondary N) is 1. The first kappa shape index (κ1) is 18.0. The summed E-state index contributed by atoms with van der Waals surface area (Å²) in [5, 5.41) is 5.53. The number of hydrogen-bond donors (Lipinski definition) is 1. The summed E-state index contributed by atoms with van der Waals surface area (Å²) in [6.45, 7) is 7.43. The van der Waals surface area contributed by atoms with Gasteiger partial charge < -0.3 is 9.84 Å². The van der Waals surface area contributed by atoms with Crippen LogP contribution in [-0.2, 0) is 20.4 Å². The normalized spacial score (nSPS) is 26.7. The van der Waals surface area contributed by atoms with Gasteiger partial charge in [0.15, 0.2) is 9.84 Å². The Balaban J connectivity index is 2.00. The fraction of sp³-hybridized carbons (Fsp3) is 0.750. The Morgan fingerprint density at radius 3 is 2.74 bits per heavy atom. The van der Waals surface area contributed by atoms with Gasteiger partial charge in [0.25, 0.3) is 0 Å². The van der Waals surface area contributed by atoms with Gasteiger partial charge in [0, 0.05) is 12.1 Å². The Morgan fingerprint density at radius 1 is 1.43 bits per heavy atom. The van der Waals surface area contributed by atoms with Gasteiger partial charge in [-0.15, -0.1) is 0 Å². The molecule has 1 amide bonds. The molecule has 0 bridgehead atoms. The Kier molecular flexibility index (Phi) is 5.49. The molecule has 0 unspecified atom stereocenters. The standard InChI is InChI=1S/C16H26N2O4S/c1-10-6-5-7-15(12(10)3)17-16(19)13(4)23(20,21)9-14-8-11(2)22-18-14/h8,10,12-13,15H,5-7,9H2,1-4H3,(H,17,19)/t10-,12-,13+,15+/m0/s1. The molecule has 1 N–H and O–H groups in total. The molecule has 2 rings (SSSR count). The van der Waals surface area contributed by atoms with Crippen LogP contribution >= 0.6 is 0 Å². The summed E-state index contributed by atoms with van der Waals surface area (Å²) >= 11 is 0. The van der Waals surface area contributed by atoms with Crippen molar-refractivity contribution >= 4 is 15.7 Å². The van der Waals surface area contributed by atoms with Gasteiger partial charge in [-0.1, -0.05) is 31.8 Å². The van der Waals surface area contributed by atoms with Gasteiger partial charge in [-0.3, -0.25) is 4.79 Å². The molecule has 130 valence electrons. The summed E-state index contributed by atoms with van der Waals surface area (Å²) in [7, 11) is -3.62. The largest absolute Gasteiger partial charge is 0.361 e. The average molecular weight is 342 g/mol. The van der Waals surface area contributed by atoms with E-state index in [4.69, 9.17) is 4.52 Å². The molecule has 1 fully saturated rings. The maximum atomic E-state index is 12.4. The van der Waals surface area contributed by atoms with Crippen molar-refractivity contribution in [1.82, 2.24) is 10.5 Å². The van der Waals surface area contributed by atoms with Crippen LogP contribution in [0.2, 0.25) is 0 Å². The maximum Gasteiger partial charge on any atom is 0.238 e. The molecule has 1 aliphatic carbocycles. The first-order chi connectivity index (χ1) is 10.7. The Hall–Kier alpha value is -1.37. The van der Waals surface area contributed by atoms with E-state index in [-0.39, 0.29) is 11.8 Å². The highest BCUT2D eigenvalue weighted by molar-refractivity contribution is 7.92. The summed E-state index contributed by atoms with van der Waals surface area (Å²) in [4.78, 5) is 12.4. The number of carbonyl (C=O) groups is 1. The molecule has 1 aromatic heterocycles. The van der Waals surface area contributed by atoms with Crippen LogP contribution in [0.25, 0.3) is 0 Å². The second-order valence-electron chi connectivity index (χ2n) is 6.76. The molecule has 0 aromatic carbocycles. The molecule has 0 saturated heterocycles. The number of nitrogens with zero attached hydrogens (tertiary/aromatic N) is 1. The monoisotopic (exact) mass is 342 g/mol. The van der Waals surface area contributed by atoms with Crippen molar-refractivity contribution in [3.8, 4) is 0 Å². The third kappa shape index (κ3) is 4.34. The molecular weight excluding hydrogens is 316 g/mol. The van der Waals surface area contributed by atoms with Crippen molar-refractivity contribution in [1.29, 1.82) is 0 Å². The van der Waals surface area contributed by atoms with Crippen LogP contribution in [-0.4, -0.2) is 30.8 Å². The predicted molar refractivity (Wildman–Crippen MR) is 87.4 cm³/mol. The SMILES string of the molecule is Cc1cc(CS(=O)(=O)[C@H](C)C(=O)N[C@@H]2CCC[C@H](C)[C@@H]2C)no1. The van der Waals surface area contributed by atoms with Gasteiger partial charge in [-0.05, 0) is 32.1 Å². The lowest BCUT2D eigenvalue weighted by Gasteiger charge is -2.35. The van der Waals surface area contributed by atoms with E-state index in [1.54, 1.807) is 13.0 Å². The smallest absolute Gasteiger partial charge is 0.238 e. The van der Waals surface area contributed by atoms with Crippen molar-refractivity contribution < 1.29 is 17.7 Å². The summed E-state index contributed by atoms with van der Waals surface area (Å²) in [5.74, 6) is 0.753. The van der Waals surface area contributed by atoms with Crippen LogP contribution < -0.4 is 5.32 Å². The van der Waals surface area contributed by atoms with Gasteiger partial charge >= 0.3 is 0 Å². The van der Waals surface area contributed by atoms with Gasteiger partial charge in [0.1, 0.15) is 11.0 Å². The van der Waals surface area contributed by atoms with Gasteiger partial charge in [0.2, 0.25) is 5.91 Å². The maximum absolute atomic E-state index is 12.4.